The van der Waals surface area contributed by atoms with E-state index in [0.717, 1.165) is 0 Å². The third kappa shape index (κ3) is 3.33. The van der Waals surface area contributed by atoms with Gasteiger partial charge in [0.2, 0.25) is 0 Å². The second kappa shape index (κ2) is 6.27. The summed E-state index contributed by atoms with van der Waals surface area (Å²) >= 11 is 5.84. The van der Waals surface area contributed by atoms with E-state index in [9.17, 15) is 17.6 Å². The van der Waals surface area contributed by atoms with E-state index in [4.69, 9.17) is 11.6 Å². The first-order chi connectivity index (χ1) is 12.8. The molecule has 0 fully saturated rings. The van der Waals surface area contributed by atoms with Gasteiger partial charge < -0.3 is 10.1 Å². The minimum absolute atomic E-state index is 0.0414. The highest BCUT2D eigenvalue weighted by Gasteiger charge is 2.31. The van der Waals surface area contributed by atoms with Gasteiger partial charge in [0.1, 0.15) is 11.3 Å². The van der Waals surface area contributed by atoms with E-state index in [0.29, 0.717) is 22.7 Å². The Morgan fingerprint density at radius 3 is 2.52 bits per heavy atom. The second-order valence-electron chi connectivity index (χ2n) is 5.51. The zero-order chi connectivity index (χ0) is 19.2. The summed E-state index contributed by atoms with van der Waals surface area (Å²) in [6, 6.07) is 8.08. The van der Waals surface area contributed by atoms with Crippen LogP contribution in [0.2, 0.25) is 5.02 Å². The molecule has 0 saturated carbocycles. The summed E-state index contributed by atoms with van der Waals surface area (Å²) in [7, 11) is 0. The number of aromatic nitrogens is 3. The van der Waals surface area contributed by atoms with Crippen molar-refractivity contribution in [3.05, 3.63) is 59.6 Å². The van der Waals surface area contributed by atoms with Gasteiger partial charge >= 0.3 is 6.36 Å². The Labute approximate surface area is 154 Å². The molecule has 138 valence electrons. The molecule has 0 amide bonds. The van der Waals surface area contributed by atoms with E-state index in [1.54, 1.807) is 12.3 Å². The predicted octanol–water partition coefficient (Wildman–Crippen LogP) is 5.32. The molecule has 0 spiro atoms. The number of ether oxygens (including phenoxy) is 1. The highest BCUT2D eigenvalue weighted by atomic mass is 35.5. The van der Waals surface area contributed by atoms with Crippen molar-refractivity contribution in [3.8, 4) is 5.75 Å². The molecule has 0 radical (unpaired) electrons. The number of nitrogens with one attached hydrogen (secondary N) is 1. The molecular formula is C17H9ClF4N4O. The number of nitrogens with zero attached hydrogens (tertiary/aromatic N) is 3. The topological polar surface area (TPSA) is 51.5 Å². The molecule has 4 rings (SSSR count). The average Bonchev–Trinajstić information content (AvgIpc) is 3.08. The van der Waals surface area contributed by atoms with Crippen molar-refractivity contribution in [1.82, 2.24) is 14.4 Å². The number of anilines is 2. The Hall–Kier alpha value is -3.07. The van der Waals surface area contributed by atoms with E-state index in [2.05, 4.69) is 20.0 Å². The number of hydrogen-bond acceptors (Lipinski definition) is 4. The number of hydrogen-bond donors (Lipinski definition) is 1. The second-order valence-corrected chi connectivity index (χ2v) is 5.91. The largest absolute Gasteiger partial charge is 0.573 e. The van der Waals surface area contributed by atoms with Crippen molar-refractivity contribution in [2.45, 2.75) is 6.36 Å². The normalized spacial score (nSPS) is 11.9. The smallest absolute Gasteiger partial charge is 0.406 e. The summed E-state index contributed by atoms with van der Waals surface area (Å²) in [5.41, 5.74) is 1.30. The first-order valence-corrected chi connectivity index (χ1v) is 7.93. The number of alkyl halides is 3. The molecule has 0 unspecified atom stereocenters. The fraction of sp³-hybridized carbons (Fsp3) is 0.0588. The highest BCUT2D eigenvalue weighted by Crippen LogP contribution is 2.29. The fourth-order valence-corrected chi connectivity index (χ4v) is 2.79. The fourth-order valence-electron chi connectivity index (χ4n) is 2.64. The van der Waals surface area contributed by atoms with Crippen LogP contribution >= 0.6 is 11.6 Å². The molecule has 27 heavy (non-hydrogen) atoms. The minimum Gasteiger partial charge on any atom is -0.406 e. The number of fused-ring (bicyclic) bond motifs is 3. The molecule has 2 aromatic heterocycles. The Bertz CT molecular complexity index is 1140. The van der Waals surface area contributed by atoms with Gasteiger partial charge in [-0.3, -0.25) is 4.40 Å². The Morgan fingerprint density at radius 2 is 1.81 bits per heavy atom. The van der Waals surface area contributed by atoms with Crippen LogP contribution in [0.3, 0.4) is 0 Å². The van der Waals surface area contributed by atoms with Crippen LogP contribution in [-0.2, 0) is 0 Å². The summed E-state index contributed by atoms with van der Waals surface area (Å²) in [5, 5.41) is 2.92. The zero-order valence-corrected chi connectivity index (χ0v) is 14.0. The Morgan fingerprint density at radius 1 is 1.07 bits per heavy atom. The number of imidazole rings is 1. The van der Waals surface area contributed by atoms with Gasteiger partial charge in [-0.2, -0.15) is 0 Å². The van der Waals surface area contributed by atoms with Crippen LogP contribution in [0.25, 0.3) is 16.7 Å². The van der Waals surface area contributed by atoms with Crippen LogP contribution in [0.15, 0.2) is 48.8 Å². The number of halogens is 5. The van der Waals surface area contributed by atoms with Crippen LogP contribution in [0.5, 0.6) is 5.75 Å². The molecule has 5 nitrogen and oxygen atoms in total. The van der Waals surface area contributed by atoms with Crippen molar-refractivity contribution < 1.29 is 22.3 Å². The van der Waals surface area contributed by atoms with Crippen LogP contribution in [-0.4, -0.2) is 20.7 Å². The number of rotatable bonds is 3. The third-order valence-corrected chi connectivity index (χ3v) is 4.02. The molecule has 2 heterocycles. The van der Waals surface area contributed by atoms with Crippen molar-refractivity contribution in [3.63, 3.8) is 0 Å². The summed E-state index contributed by atoms with van der Waals surface area (Å²) in [4.78, 5) is 8.51. The van der Waals surface area contributed by atoms with Gasteiger partial charge in [0, 0.05) is 18.1 Å². The lowest BCUT2D eigenvalue weighted by Gasteiger charge is -2.12. The molecule has 0 aliphatic carbocycles. The lowest BCUT2D eigenvalue weighted by Crippen LogP contribution is -2.17. The molecule has 0 atom stereocenters. The maximum absolute atomic E-state index is 14.4. The van der Waals surface area contributed by atoms with Crippen LogP contribution in [0, 0.1) is 5.82 Å². The highest BCUT2D eigenvalue weighted by molar-refractivity contribution is 6.31. The van der Waals surface area contributed by atoms with E-state index >= 15 is 0 Å². The zero-order valence-electron chi connectivity index (χ0n) is 13.3. The van der Waals surface area contributed by atoms with Gasteiger partial charge in [-0.1, -0.05) is 11.6 Å². The summed E-state index contributed by atoms with van der Waals surface area (Å²) in [6.45, 7) is 0. The predicted molar refractivity (Wildman–Crippen MR) is 91.9 cm³/mol. The number of benzene rings is 2. The first-order valence-electron chi connectivity index (χ1n) is 7.55. The van der Waals surface area contributed by atoms with E-state index < -0.39 is 12.2 Å². The van der Waals surface area contributed by atoms with Gasteiger partial charge in [0.05, 0.1) is 10.5 Å². The minimum atomic E-state index is -4.76. The van der Waals surface area contributed by atoms with E-state index in [1.165, 1.54) is 40.9 Å². The van der Waals surface area contributed by atoms with Gasteiger partial charge in [0.25, 0.3) is 0 Å². The molecule has 2 aromatic carbocycles. The molecule has 0 aliphatic heterocycles. The average molecular weight is 397 g/mol. The monoisotopic (exact) mass is 396 g/mol. The summed E-state index contributed by atoms with van der Waals surface area (Å²) in [6.07, 6.45) is -1.73. The third-order valence-electron chi connectivity index (χ3n) is 3.72. The quantitative estimate of drug-likeness (QED) is 0.476. The molecule has 0 bridgehead atoms. The molecule has 0 saturated heterocycles. The molecule has 10 heteroatoms. The van der Waals surface area contributed by atoms with Gasteiger partial charge in [0.15, 0.2) is 17.3 Å². The Balaban J connectivity index is 1.74. The lowest BCUT2D eigenvalue weighted by molar-refractivity contribution is -0.274. The SMILES string of the molecule is Fc1c(Cl)ccc2nc(Nc3ccc(OC(F)(F)F)cc3)c3nccn3c12. The molecule has 0 aliphatic rings. The maximum atomic E-state index is 14.4. The summed E-state index contributed by atoms with van der Waals surface area (Å²) < 4.78 is 56.4. The molecular weight excluding hydrogens is 388 g/mol. The van der Waals surface area contributed by atoms with Gasteiger partial charge in [-0.15, -0.1) is 13.2 Å². The maximum Gasteiger partial charge on any atom is 0.573 e. The van der Waals surface area contributed by atoms with E-state index in [-0.39, 0.29) is 16.3 Å². The van der Waals surface area contributed by atoms with Crippen molar-refractivity contribution in [2.75, 3.05) is 5.32 Å². The van der Waals surface area contributed by atoms with Crippen LogP contribution in [0.1, 0.15) is 0 Å². The molecule has 1 N–H and O–H groups in total. The van der Waals surface area contributed by atoms with Crippen molar-refractivity contribution >= 4 is 39.8 Å². The molecule has 4 aromatic rings. The lowest BCUT2D eigenvalue weighted by atomic mass is 10.2. The summed E-state index contributed by atoms with van der Waals surface area (Å²) in [5.74, 6) is -0.661. The van der Waals surface area contributed by atoms with Crippen molar-refractivity contribution in [2.24, 2.45) is 0 Å². The van der Waals surface area contributed by atoms with Gasteiger partial charge in [-0.25, -0.2) is 14.4 Å². The van der Waals surface area contributed by atoms with E-state index in [1.807, 2.05) is 0 Å². The van der Waals surface area contributed by atoms with Crippen LogP contribution < -0.4 is 10.1 Å². The standard InChI is InChI=1S/C17H9ClF4N4O/c18-11-5-6-12-14(13(11)19)26-8-7-23-16(26)15(25-12)24-9-1-3-10(4-2-9)27-17(20,21)22/h1-8H,(H,24,25). The Kier molecular flexibility index (Phi) is 4.03. The van der Waals surface area contributed by atoms with Crippen molar-refractivity contribution in [1.29, 1.82) is 0 Å². The van der Waals surface area contributed by atoms with Gasteiger partial charge in [-0.05, 0) is 36.4 Å². The van der Waals surface area contributed by atoms with Crippen LogP contribution in [0.4, 0.5) is 29.1 Å². The first kappa shape index (κ1) is 17.3.